The maximum Gasteiger partial charge on any atom is 0.404 e. The molecular weight excluding hydrogens is 262 g/mol. The Bertz CT molecular complexity index is 595. The summed E-state index contributed by atoms with van der Waals surface area (Å²) in [4.78, 5) is 26.1. The van der Waals surface area contributed by atoms with Gasteiger partial charge >= 0.3 is 6.09 Å². The summed E-state index contributed by atoms with van der Waals surface area (Å²) in [6.07, 6.45) is 0.0675. The first-order chi connectivity index (χ1) is 9.68. The Morgan fingerprint density at radius 3 is 2.55 bits per heavy atom. The van der Waals surface area contributed by atoms with E-state index in [1.165, 1.54) is 6.39 Å². The van der Waals surface area contributed by atoms with E-state index in [9.17, 15) is 9.59 Å². The number of hydrogen-bond acceptors (Lipinski definition) is 4. The van der Waals surface area contributed by atoms with Gasteiger partial charge in [0.05, 0.1) is 0 Å². The van der Waals surface area contributed by atoms with Crippen molar-refractivity contribution in [3.63, 3.8) is 0 Å². The lowest BCUT2D eigenvalue weighted by Gasteiger charge is -2.04. The number of nitrogens with zero attached hydrogens (tertiary/aromatic N) is 1. The van der Waals surface area contributed by atoms with Gasteiger partial charge in [-0.3, -0.25) is 4.79 Å². The van der Waals surface area contributed by atoms with Gasteiger partial charge < -0.3 is 20.2 Å². The van der Waals surface area contributed by atoms with Gasteiger partial charge in [0.1, 0.15) is 0 Å². The standard InChI is InChI=1S/C13H13N3O4/c17-12(14-6-7-15-13(18)19)10-11(20-8-16-10)9-4-2-1-3-5-9/h1-5,8,15H,6-7H2,(H,14,17)(H,18,19). The van der Waals surface area contributed by atoms with Crippen LogP contribution in [-0.2, 0) is 0 Å². The van der Waals surface area contributed by atoms with E-state index in [1.54, 1.807) is 0 Å². The van der Waals surface area contributed by atoms with Gasteiger partial charge in [0, 0.05) is 18.7 Å². The molecule has 2 aromatic rings. The minimum absolute atomic E-state index is 0.125. The number of nitrogens with one attached hydrogen (secondary N) is 2. The first-order valence-corrected chi connectivity index (χ1v) is 5.92. The fourth-order valence-electron chi connectivity index (χ4n) is 1.63. The highest BCUT2D eigenvalue weighted by Gasteiger charge is 2.17. The van der Waals surface area contributed by atoms with Gasteiger partial charge in [0.25, 0.3) is 5.91 Å². The van der Waals surface area contributed by atoms with Crippen molar-refractivity contribution in [2.75, 3.05) is 13.1 Å². The van der Waals surface area contributed by atoms with Gasteiger partial charge in [-0.2, -0.15) is 0 Å². The smallest absolute Gasteiger partial charge is 0.404 e. The Balaban J connectivity index is 2.01. The molecule has 0 aliphatic rings. The SMILES string of the molecule is O=C(O)NCCNC(=O)c1ncoc1-c1ccccc1. The van der Waals surface area contributed by atoms with Crippen molar-refractivity contribution in [2.24, 2.45) is 0 Å². The van der Waals surface area contributed by atoms with E-state index in [4.69, 9.17) is 9.52 Å². The summed E-state index contributed by atoms with van der Waals surface area (Å²) in [5, 5.41) is 13.1. The van der Waals surface area contributed by atoms with Crippen LogP contribution in [0, 0.1) is 0 Å². The van der Waals surface area contributed by atoms with Crippen LogP contribution >= 0.6 is 0 Å². The van der Waals surface area contributed by atoms with Gasteiger partial charge in [-0.25, -0.2) is 9.78 Å². The highest BCUT2D eigenvalue weighted by atomic mass is 16.4. The fourth-order valence-corrected chi connectivity index (χ4v) is 1.63. The molecule has 2 rings (SSSR count). The molecule has 0 atom stereocenters. The quantitative estimate of drug-likeness (QED) is 0.714. The van der Waals surface area contributed by atoms with Crippen molar-refractivity contribution in [1.29, 1.82) is 0 Å². The number of carbonyl (C=O) groups excluding carboxylic acids is 1. The summed E-state index contributed by atoms with van der Waals surface area (Å²) in [6, 6.07) is 9.14. The summed E-state index contributed by atoms with van der Waals surface area (Å²) in [5.41, 5.74) is 0.922. The third-order valence-electron chi connectivity index (χ3n) is 2.51. The van der Waals surface area contributed by atoms with Crippen LogP contribution in [0.15, 0.2) is 41.1 Å². The Morgan fingerprint density at radius 1 is 1.15 bits per heavy atom. The molecule has 0 bridgehead atoms. The van der Waals surface area contributed by atoms with E-state index >= 15 is 0 Å². The molecule has 104 valence electrons. The first-order valence-electron chi connectivity index (χ1n) is 5.92. The van der Waals surface area contributed by atoms with Gasteiger partial charge in [0.2, 0.25) is 0 Å². The van der Waals surface area contributed by atoms with Crippen molar-refractivity contribution < 1.29 is 19.1 Å². The molecule has 20 heavy (non-hydrogen) atoms. The second-order valence-electron chi connectivity index (χ2n) is 3.88. The van der Waals surface area contributed by atoms with E-state index in [0.29, 0.717) is 5.76 Å². The maximum atomic E-state index is 11.9. The Hall–Kier alpha value is -2.83. The summed E-state index contributed by atoms with van der Waals surface area (Å²) < 4.78 is 5.23. The van der Waals surface area contributed by atoms with Crippen molar-refractivity contribution in [1.82, 2.24) is 15.6 Å². The second kappa shape index (κ2) is 6.37. The van der Waals surface area contributed by atoms with Crippen LogP contribution in [0.4, 0.5) is 4.79 Å². The van der Waals surface area contributed by atoms with Gasteiger partial charge in [-0.05, 0) is 0 Å². The van der Waals surface area contributed by atoms with Crippen LogP contribution in [0.2, 0.25) is 0 Å². The molecule has 0 saturated heterocycles. The molecule has 0 fully saturated rings. The molecule has 7 nitrogen and oxygen atoms in total. The topological polar surface area (TPSA) is 104 Å². The third kappa shape index (κ3) is 3.35. The highest BCUT2D eigenvalue weighted by Crippen LogP contribution is 2.22. The zero-order chi connectivity index (χ0) is 14.4. The lowest BCUT2D eigenvalue weighted by molar-refractivity contribution is 0.0949. The zero-order valence-electron chi connectivity index (χ0n) is 10.5. The number of aromatic nitrogens is 1. The summed E-state index contributed by atoms with van der Waals surface area (Å²) in [5.74, 6) is -0.0286. The van der Waals surface area contributed by atoms with E-state index in [-0.39, 0.29) is 18.8 Å². The minimum atomic E-state index is -1.13. The van der Waals surface area contributed by atoms with E-state index in [1.807, 2.05) is 30.3 Å². The van der Waals surface area contributed by atoms with E-state index in [0.717, 1.165) is 5.56 Å². The molecular formula is C13H13N3O4. The van der Waals surface area contributed by atoms with Crippen molar-refractivity contribution in [3.8, 4) is 11.3 Å². The summed E-state index contributed by atoms with van der Waals surface area (Å²) in [6.45, 7) is 0.297. The van der Waals surface area contributed by atoms with Gasteiger partial charge in [0.15, 0.2) is 17.8 Å². The lowest BCUT2D eigenvalue weighted by atomic mass is 10.1. The minimum Gasteiger partial charge on any atom is -0.465 e. The number of rotatable bonds is 5. The predicted octanol–water partition coefficient (Wildman–Crippen LogP) is 1.34. The number of carbonyl (C=O) groups is 2. The average Bonchev–Trinajstić information content (AvgIpc) is 2.93. The molecule has 2 amide bonds. The Morgan fingerprint density at radius 2 is 1.85 bits per heavy atom. The number of amides is 2. The van der Waals surface area contributed by atoms with Crippen LogP contribution in [-0.4, -0.2) is 35.2 Å². The third-order valence-corrected chi connectivity index (χ3v) is 2.51. The Kier molecular flexibility index (Phi) is 4.33. The van der Waals surface area contributed by atoms with Crippen molar-refractivity contribution in [2.45, 2.75) is 0 Å². The number of oxazole rings is 1. The monoisotopic (exact) mass is 275 g/mol. The molecule has 7 heteroatoms. The van der Waals surface area contributed by atoms with Gasteiger partial charge in [-0.1, -0.05) is 30.3 Å². The molecule has 1 aromatic carbocycles. The summed E-state index contributed by atoms with van der Waals surface area (Å²) >= 11 is 0. The normalized spacial score (nSPS) is 10.0. The molecule has 0 spiro atoms. The van der Waals surface area contributed by atoms with Gasteiger partial charge in [-0.15, -0.1) is 0 Å². The molecule has 1 heterocycles. The van der Waals surface area contributed by atoms with Crippen molar-refractivity contribution >= 4 is 12.0 Å². The number of benzene rings is 1. The molecule has 0 radical (unpaired) electrons. The van der Waals surface area contributed by atoms with Crippen LogP contribution in [0.25, 0.3) is 11.3 Å². The Labute approximate surface area is 114 Å². The molecule has 0 unspecified atom stereocenters. The largest absolute Gasteiger partial charge is 0.465 e. The highest BCUT2D eigenvalue weighted by molar-refractivity contribution is 5.97. The molecule has 3 N–H and O–H groups in total. The fraction of sp³-hybridized carbons (Fsp3) is 0.154. The van der Waals surface area contributed by atoms with Crippen LogP contribution in [0.3, 0.4) is 0 Å². The van der Waals surface area contributed by atoms with Crippen LogP contribution in [0.1, 0.15) is 10.5 Å². The molecule has 0 saturated carbocycles. The molecule has 0 aliphatic carbocycles. The number of carboxylic acid groups (broad SMARTS) is 1. The average molecular weight is 275 g/mol. The number of hydrogen-bond donors (Lipinski definition) is 3. The van der Waals surface area contributed by atoms with Crippen molar-refractivity contribution in [3.05, 3.63) is 42.4 Å². The van der Waals surface area contributed by atoms with Crippen LogP contribution in [0.5, 0.6) is 0 Å². The molecule has 1 aromatic heterocycles. The zero-order valence-corrected chi connectivity index (χ0v) is 10.5. The first kappa shape index (κ1) is 13.6. The maximum absolute atomic E-state index is 11.9. The van der Waals surface area contributed by atoms with Crippen LogP contribution < -0.4 is 10.6 Å². The summed E-state index contributed by atoms with van der Waals surface area (Å²) in [7, 11) is 0. The molecule has 0 aliphatic heterocycles. The van der Waals surface area contributed by atoms with E-state index in [2.05, 4.69) is 15.6 Å². The van der Waals surface area contributed by atoms with E-state index < -0.39 is 12.0 Å². The second-order valence-corrected chi connectivity index (χ2v) is 3.88. The lowest BCUT2D eigenvalue weighted by Crippen LogP contribution is -2.34. The predicted molar refractivity (Wildman–Crippen MR) is 70.3 cm³/mol.